The van der Waals surface area contributed by atoms with Gasteiger partial charge in [0.15, 0.2) is 0 Å². The molecule has 0 aliphatic carbocycles. The average Bonchev–Trinajstić information content (AvgIpc) is 2.80. The van der Waals surface area contributed by atoms with Gasteiger partial charge in [-0.1, -0.05) is 18.2 Å². The van der Waals surface area contributed by atoms with Crippen molar-refractivity contribution in [1.82, 2.24) is 0 Å². The summed E-state index contributed by atoms with van der Waals surface area (Å²) >= 11 is 0. The van der Waals surface area contributed by atoms with E-state index < -0.39 is 5.97 Å². The molecule has 0 saturated carbocycles. The Hall–Kier alpha value is -1.79. The topological polar surface area (TPSA) is 111 Å². The van der Waals surface area contributed by atoms with Crippen LogP contribution >= 0.6 is 0 Å². The SMILES string of the molecule is O=C(O)COCCOCCOCCOCCOCCOCCOCCOc1ccccc1. The van der Waals surface area contributed by atoms with Crippen LogP contribution in [0.25, 0.3) is 0 Å². The van der Waals surface area contributed by atoms with Gasteiger partial charge in [0.25, 0.3) is 0 Å². The van der Waals surface area contributed by atoms with E-state index >= 15 is 0 Å². The number of rotatable bonds is 24. The van der Waals surface area contributed by atoms with E-state index in [4.69, 9.17) is 43.0 Å². The summed E-state index contributed by atoms with van der Waals surface area (Å²) in [6.45, 7) is 6.16. The van der Waals surface area contributed by atoms with Gasteiger partial charge >= 0.3 is 5.97 Å². The standard InChI is InChI=1S/C22H36O10/c23-22(24)20-31-17-16-29-13-12-27-9-8-25-6-7-26-10-11-28-14-15-30-18-19-32-21-4-2-1-3-5-21/h1-5H,6-20H2,(H,23,24). The molecule has 0 aliphatic heterocycles. The van der Waals surface area contributed by atoms with Gasteiger partial charge in [-0.25, -0.2) is 4.79 Å². The van der Waals surface area contributed by atoms with E-state index in [1.165, 1.54) is 0 Å². The Morgan fingerprint density at radius 3 is 1.25 bits per heavy atom. The molecule has 0 bridgehead atoms. The summed E-state index contributed by atoms with van der Waals surface area (Å²) in [6.07, 6.45) is 0. The lowest BCUT2D eigenvalue weighted by molar-refractivity contribution is -0.142. The first-order chi connectivity index (χ1) is 15.8. The first kappa shape index (κ1) is 28.2. The molecule has 0 aromatic heterocycles. The highest BCUT2D eigenvalue weighted by atomic mass is 16.6. The highest BCUT2D eigenvalue weighted by Crippen LogP contribution is 2.07. The Morgan fingerprint density at radius 1 is 0.531 bits per heavy atom. The van der Waals surface area contributed by atoms with E-state index in [1.807, 2.05) is 30.3 Å². The molecule has 1 rings (SSSR count). The predicted octanol–water partition coefficient (Wildman–Crippen LogP) is 1.27. The van der Waals surface area contributed by atoms with Crippen LogP contribution in [0.15, 0.2) is 30.3 Å². The second-order valence-electron chi connectivity index (χ2n) is 6.28. The molecule has 1 aromatic rings. The Bertz CT molecular complexity index is 529. The molecule has 10 heteroatoms. The van der Waals surface area contributed by atoms with Crippen LogP contribution in [0.5, 0.6) is 5.75 Å². The summed E-state index contributed by atoms with van der Waals surface area (Å²) in [4.78, 5) is 10.2. The van der Waals surface area contributed by atoms with Crippen molar-refractivity contribution >= 4 is 5.97 Å². The summed E-state index contributed by atoms with van der Waals surface area (Å²) in [7, 11) is 0. The van der Waals surface area contributed by atoms with Crippen LogP contribution in [-0.2, 0) is 38.0 Å². The molecule has 10 nitrogen and oxygen atoms in total. The average molecular weight is 461 g/mol. The summed E-state index contributed by atoms with van der Waals surface area (Å²) in [5.41, 5.74) is 0. The van der Waals surface area contributed by atoms with Gasteiger partial charge in [0.2, 0.25) is 0 Å². The molecular formula is C22H36O10. The van der Waals surface area contributed by atoms with Crippen LogP contribution in [0.2, 0.25) is 0 Å². The molecule has 0 atom stereocenters. The highest BCUT2D eigenvalue weighted by molar-refractivity contribution is 5.67. The Morgan fingerprint density at radius 2 is 0.875 bits per heavy atom. The third kappa shape index (κ3) is 20.1. The third-order valence-electron chi connectivity index (χ3n) is 3.70. The molecule has 32 heavy (non-hydrogen) atoms. The smallest absolute Gasteiger partial charge is 0.329 e. The zero-order valence-electron chi connectivity index (χ0n) is 18.6. The maximum Gasteiger partial charge on any atom is 0.329 e. The maximum absolute atomic E-state index is 10.2. The predicted molar refractivity (Wildman–Crippen MR) is 115 cm³/mol. The van der Waals surface area contributed by atoms with E-state index in [-0.39, 0.29) is 13.2 Å². The molecule has 0 radical (unpaired) electrons. The van der Waals surface area contributed by atoms with Crippen molar-refractivity contribution in [3.8, 4) is 5.75 Å². The van der Waals surface area contributed by atoms with E-state index in [9.17, 15) is 4.79 Å². The van der Waals surface area contributed by atoms with Crippen molar-refractivity contribution in [2.45, 2.75) is 0 Å². The van der Waals surface area contributed by atoms with Crippen LogP contribution in [0.3, 0.4) is 0 Å². The van der Waals surface area contributed by atoms with Gasteiger partial charge < -0.3 is 43.0 Å². The molecule has 1 aromatic carbocycles. The van der Waals surface area contributed by atoms with Gasteiger partial charge in [-0.2, -0.15) is 0 Å². The lowest BCUT2D eigenvalue weighted by Gasteiger charge is -2.09. The summed E-state index contributed by atoms with van der Waals surface area (Å²) in [5.74, 6) is -0.153. The van der Waals surface area contributed by atoms with Crippen molar-refractivity contribution in [1.29, 1.82) is 0 Å². The molecule has 0 fully saturated rings. The number of carboxylic acids is 1. The van der Waals surface area contributed by atoms with Crippen molar-refractivity contribution in [3.05, 3.63) is 30.3 Å². The Labute approximate surface area is 189 Å². The highest BCUT2D eigenvalue weighted by Gasteiger charge is 1.97. The van der Waals surface area contributed by atoms with E-state index in [0.29, 0.717) is 85.9 Å². The number of carbonyl (C=O) groups is 1. The fraction of sp³-hybridized carbons (Fsp3) is 0.682. The fourth-order valence-electron chi connectivity index (χ4n) is 2.21. The van der Waals surface area contributed by atoms with Crippen molar-refractivity contribution < 1.29 is 47.8 Å². The molecule has 1 N–H and O–H groups in total. The van der Waals surface area contributed by atoms with Gasteiger partial charge in [0.05, 0.1) is 85.9 Å². The number of hydrogen-bond acceptors (Lipinski definition) is 9. The Kier molecular flexibility index (Phi) is 19.8. The molecular weight excluding hydrogens is 424 g/mol. The van der Waals surface area contributed by atoms with Gasteiger partial charge in [-0.05, 0) is 12.1 Å². The van der Waals surface area contributed by atoms with Gasteiger partial charge in [0, 0.05) is 0 Å². The second kappa shape index (κ2) is 22.4. The van der Waals surface area contributed by atoms with Crippen LogP contribution in [0.1, 0.15) is 0 Å². The maximum atomic E-state index is 10.2. The molecule has 0 amide bonds. The number of carboxylic acid groups (broad SMARTS) is 1. The fourth-order valence-corrected chi connectivity index (χ4v) is 2.21. The minimum absolute atomic E-state index is 0.249. The monoisotopic (exact) mass is 460 g/mol. The second-order valence-corrected chi connectivity index (χ2v) is 6.28. The minimum Gasteiger partial charge on any atom is -0.491 e. The number of benzene rings is 1. The third-order valence-corrected chi connectivity index (χ3v) is 3.70. The van der Waals surface area contributed by atoms with Crippen LogP contribution in [0, 0.1) is 0 Å². The number of hydrogen-bond donors (Lipinski definition) is 1. The first-order valence-electron chi connectivity index (χ1n) is 10.7. The lowest BCUT2D eigenvalue weighted by Crippen LogP contribution is -2.15. The summed E-state index contributed by atoms with van der Waals surface area (Å²) < 4.78 is 42.6. The molecule has 0 spiro atoms. The molecule has 0 aliphatic rings. The van der Waals surface area contributed by atoms with E-state index in [1.54, 1.807) is 0 Å². The van der Waals surface area contributed by atoms with Crippen molar-refractivity contribution in [3.63, 3.8) is 0 Å². The van der Waals surface area contributed by atoms with Gasteiger partial charge in [0.1, 0.15) is 19.0 Å². The van der Waals surface area contributed by atoms with Crippen LogP contribution in [-0.4, -0.2) is 110 Å². The molecule has 0 heterocycles. The summed E-state index contributed by atoms with van der Waals surface area (Å²) in [6, 6.07) is 9.63. The molecule has 184 valence electrons. The van der Waals surface area contributed by atoms with Crippen LogP contribution < -0.4 is 4.74 Å². The minimum atomic E-state index is -0.991. The van der Waals surface area contributed by atoms with Crippen molar-refractivity contribution in [2.75, 3.05) is 99.1 Å². The normalized spacial score (nSPS) is 11.0. The van der Waals surface area contributed by atoms with Crippen LogP contribution in [0.4, 0.5) is 0 Å². The van der Waals surface area contributed by atoms with Gasteiger partial charge in [-0.15, -0.1) is 0 Å². The zero-order chi connectivity index (χ0) is 23.0. The number of aliphatic carboxylic acids is 1. The molecule has 0 unspecified atom stereocenters. The number of para-hydroxylation sites is 1. The molecule has 0 saturated heterocycles. The van der Waals surface area contributed by atoms with Crippen molar-refractivity contribution in [2.24, 2.45) is 0 Å². The largest absolute Gasteiger partial charge is 0.491 e. The van der Waals surface area contributed by atoms with E-state index in [2.05, 4.69) is 0 Å². The van der Waals surface area contributed by atoms with Gasteiger partial charge in [-0.3, -0.25) is 0 Å². The van der Waals surface area contributed by atoms with E-state index in [0.717, 1.165) is 5.75 Å². The first-order valence-corrected chi connectivity index (χ1v) is 10.7. The Balaban J connectivity index is 1.65. The quantitative estimate of drug-likeness (QED) is 0.226. The number of ether oxygens (including phenoxy) is 8. The summed E-state index contributed by atoms with van der Waals surface area (Å²) in [5, 5.41) is 8.39. The zero-order valence-corrected chi connectivity index (χ0v) is 18.6. The lowest BCUT2D eigenvalue weighted by atomic mass is 10.3.